The van der Waals surface area contributed by atoms with Crippen molar-refractivity contribution in [1.29, 1.82) is 0 Å². The Morgan fingerprint density at radius 3 is 2.44 bits per heavy atom. The summed E-state index contributed by atoms with van der Waals surface area (Å²) in [7, 11) is 5.61. The number of aromatic nitrogens is 1. The van der Waals surface area contributed by atoms with Crippen molar-refractivity contribution < 1.29 is 14.3 Å². The number of carbonyl (C=O) groups excluding carboxylic acids is 1. The maximum absolute atomic E-state index is 13.6. The van der Waals surface area contributed by atoms with E-state index in [1.807, 2.05) is 79.7 Å². The number of fused-ring (bicyclic) bond motifs is 1. The summed E-state index contributed by atoms with van der Waals surface area (Å²) in [6.45, 7) is 1.23. The molecule has 32 heavy (non-hydrogen) atoms. The van der Waals surface area contributed by atoms with Crippen molar-refractivity contribution in [3.05, 3.63) is 78.4 Å². The monoisotopic (exact) mass is 447 g/mol. The van der Waals surface area contributed by atoms with Gasteiger partial charge in [0.15, 0.2) is 5.13 Å². The fourth-order valence-electron chi connectivity index (χ4n) is 3.19. The van der Waals surface area contributed by atoms with Crippen LogP contribution in [0.1, 0.15) is 10.4 Å². The molecule has 0 fully saturated rings. The van der Waals surface area contributed by atoms with Gasteiger partial charge in [-0.15, -0.1) is 0 Å². The molecule has 7 heteroatoms. The van der Waals surface area contributed by atoms with Crippen LogP contribution in [0.3, 0.4) is 0 Å². The molecule has 0 saturated heterocycles. The van der Waals surface area contributed by atoms with Gasteiger partial charge in [-0.1, -0.05) is 35.6 Å². The molecular weight excluding hydrogens is 422 g/mol. The number of ether oxygens (including phenoxy) is 2. The number of thiazole rings is 1. The fraction of sp³-hybridized carbons (Fsp3) is 0.200. The Morgan fingerprint density at radius 1 is 0.906 bits per heavy atom. The summed E-state index contributed by atoms with van der Waals surface area (Å²) in [6, 6.07) is 22.5. The Morgan fingerprint density at radius 2 is 1.69 bits per heavy atom. The highest BCUT2D eigenvalue weighted by molar-refractivity contribution is 7.22. The number of benzene rings is 3. The van der Waals surface area contributed by atoms with Crippen molar-refractivity contribution in [3.8, 4) is 17.2 Å². The van der Waals surface area contributed by atoms with Crippen LogP contribution in [0, 0.1) is 0 Å². The van der Waals surface area contributed by atoms with Gasteiger partial charge in [-0.05, 0) is 62.6 Å². The summed E-state index contributed by atoms with van der Waals surface area (Å²) in [5, 5.41) is 0.662. The van der Waals surface area contributed by atoms with Crippen molar-refractivity contribution in [3.63, 3.8) is 0 Å². The summed E-state index contributed by atoms with van der Waals surface area (Å²) in [6.07, 6.45) is 0. The molecule has 0 unspecified atom stereocenters. The lowest BCUT2D eigenvalue weighted by Crippen LogP contribution is -2.36. The highest BCUT2D eigenvalue weighted by Gasteiger charge is 2.22. The Hall–Kier alpha value is -3.42. The van der Waals surface area contributed by atoms with Crippen molar-refractivity contribution >= 4 is 32.6 Å². The highest BCUT2D eigenvalue weighted by Crippen LogP contribution is 2.32. The molecule has 1 heterocycles. The number of likely N-dealkylation sites (N-methyl/N-ethyl adjacent to an activating group) is 1. The van der Waals surface area contributed by atoms with Gasteiger partial charge in [-0.25, -0.2) is 4.98 Å². The zero-order chi connectivity index (χ0) is 22.5. The summed E-state index contributed by atoms with van der Waals surface area (Å²) < 4.78 is 12.2. The van der Waals surface area contributed by atoms with Crippen LogP contribution in [0.5, 0.6) is 17.2 Å². The second-order valence-corrected chi connectivity index (χ2v) is 8.54. The van der Waals surface area contributed by atoms with Crippen LogP contribution >= 0.6 is 11.3 Å². The van der Waals surface area contributed by atoms with E-state index in [-0.39, 0.29) is 5.91 Å². The number of anilines is 1. The smallest absolute Gasteiger partial charge is 0.260 e. The maximum Gasteiger partial charge on any atom is 0.260 e. The zero-order valence-corrected chi connectivity index (χ0v) is 19.1. The lowest BCUT2D eigenvalue weighted by molar-refractivity contribution is 0.0985. The standard InChI is InChI=1S/C25H25N3O3S/c1-27(2)14-15-28(25-26-22-13-12-20(30-3)17-23(22)32-25)24(29)18-8-7-11-21(16-18)31-19-9-5-4-6-10-19/h4-13,16-17H,14-15H2,1-3H3. The molecular formula is C25H25N3O3S. The summed E-state index contributed by atoms with van der Waals surface area (Å²) in [5.41, 5.74) is 1.39. The molecule has 6 nitrogen and oxygen atoms in total. The molecule has 0 saturated carbocycles. The first kappa shape index (κ1) is 21.8. The Labute approximate surface area is 191 Å². The van der Waals surface area contributed by atoms with Gasteiger partial charge in [0.1, 0.15) is 17.2 Å². The van der Waals surface area contributed by atoms with Crippen LogP contribution in [0.25, 0.3) is 10.2 Å². The van der Waals surface area contributed by atoms with Gasteiger partial charge in [-0.3, -0.25) is 9.69 Å². The van der Waals surface area contributed by atoms with E-state index in [2.05, 4.69) is 0 Å². The van der Waals surface area contributed by atoms with Crippen LogP contribution in [0.4, 0.5) is 5.13 Å². The number of nitrogens with zero attached hydrogens (tertiary/aromatic N) is 3. The second-order valence-electron chi connectivity index (χ2n) is 7.53. The van der Waals surface area contributed by atoms with E-state index in [0.717, 1.165) is 21.7 Å². The average Bonchev–Trinajstić information content (AvgIpc) is 3.22. The Balaban J connectivity index is 1.64. The normalized spacial score (nSPS) is 11.0. The number of hydrogen-bond donors (Lipinski definition) is 0. The van der Waals surface area contributed by atoms with E-state index in [9.17, 15) is 4.79 Å². The van der Waals surface area contributed by atoms with Gasteiger partial charge >= 0.3 is 0 Å². The molecule has 1 amide bonds. The van der Waals surface area contributed by atoms with Crippen LogP contribution in [0.2, 0.25) is 0 Å². The molecule has 0 bridgehead atoms. The van der Waals surface area contributed by atoms with Crippen LogP contribution in [-0.2, 0) is 0 Å². The van der Waals surface area contributed by atoms with Crippen LogP contribution in [-0.4, -0.2) is 50.1 Å². The van der Waals surface area contributed by atoms with E-state index in [4.69, 9.17) is 14.5 Å². The predicted octanol–water partition coefficient (Wildman–Crippen LogP) is 5.31. The molecule has 0 spiro atoms. The molecule has 0 aliphatic carbocycles. The van der Waals surface area contributed by atoms with Crippen molar-refractivity contribution in [2.75, 3.05) is 39.2 Å². The summed E-state index contributed by atoms with van der Waals surface area (Å²) in [4.78, 5) is 22.1. The quantitative estimate of drug-likeness (QED) is 0.367. The number of methoxy groups -OCH3 is 1. The van der Waals surface area contributed by atoms with Gasteiger partial charge in [0.2, 0.25) is 0 Å². The van der Waals surface area contributed by atoms with Crippen molar-refractivity contribution in [2.24, 2.45) is 0 Å². The number of carbonyl (C=O) groups is 1. The van der Waals surface area contributed by atoms with E-state index in [1.54, 1.807) is 24.1 Å². The number of amides is 1. The van der Waals surface area contributed by atoms with Gasteiger partial charge in [0, 0.05) is 18.7 Å². The molecule has 4 rings (SSSR count). The molecule has 0 atom stereocenters. The van der Waals surface area contributed by atoms with Crippen LogP contribution < -0.4 is 14.4 Å². The van der Waals surface area contributed by atoms with E-state index >= 15 is 0 Å². The number of hydrogen-bond acceptors (Lipinski definition) is 6. The SMILES string of the molecule is COc1ccc2nc(N(CCN(C)C)C(=O)c3cccc(Oc4ccccc4)c3)sc2c1. The van der Waals surface area contributed by atoms with Gasteiger partial charge < -0.3 is 14.4 Å². The lowest BCUT2D eigenvalue weighted by atomic mass is 10.2. The van der Waals surface area contributed by atoms with Gasteiger partial charge in [-0.2, -0.15) is 0 Å². The topological polar surface area (TPSA) is 54.9 Å². The minimum Gasteiger partial charge on any atom is -0.497 e. The first-order chi connectivity index (χ1) is 15.5. The van der Waals surface area contributed by atoms with E-state index in [1.165, 1.54) is 11.3 Å². The predicted molar refractivity (Wildman–Crippen MR) is 129 cm³/mol. The summed E-state index contributed by atoms with van der Waals surface area (Å²) in [5.74, 6) is 1.99. The van der Waals surface area contributed by atoms with Gasteiger partial charge in [0.05, 0.1) is 17.3 Å². The third kappa shape index (κ3) is 5.07. The minimum atomic E-state index is -0.114. The average molecular weight is 448 g/mol. The summed E-state index contributed by atoms with van der Waals surface area (Å²) >= 11 is 1.48. The second kappa shape index (κ2) is 9.80. The molecule has 0 aliphatic rings. The molecule has 4 aromatic rings. The highest BCUT2D eigenvalue weighted by atomic mass is 32.1. The molecule has 0 aliphatic heterocycles. The van der Waals surface area contributed by atoms with Crippen molar-refractivity contribution in [2.45, 2.75) is 0 Å². The third-order valence-corrected chi connectivity index (χ3v) is 5.93. The third-order valence-electron chi connectivity index (χ3n) is 4.89. The fourth-order valence-corrected chi connectivity index (χ4v) is 4.21. The Kier molecular flexibility index (Phi) is 6.68. The van der Waals surface area contributed by atoms with Crippen LogP contribution in [0.15, 0.2) is 72.8 Å². The molecule has 3 aromatic carbocycles. The first-order valence-electron chi connectivity index (χ1n) is 10.3. The Bertz CT molecular complexity index is 1210. The minimum absolute atomic E-state index is 0.114. The number of para-hydroxylation sites is 1. The zero-order valence-electron chi connectivity index (χ0n) is 18.3. The lowest BCUT2D eigenvalue weighted by Gasteiger charge is -2.22. The molecule has 0 N–H and O–H groups in total. The molecule has 164 valence electrons. The van der Waals surface area contributed by atoms with Crippen molar-refractivity contribution in [1.82, 2.24) is 9.88 Å². The molecule has 0 radical (unpaired) electrons. The van der Waals surface area contributed by atoms with Gasteiger partial charge in [0.25, 0.3) is 5.91 Å². The van der Waals surface area contributed by atoms with E-state index in [0.29, 0.717) is 29.5 Å². The first-order valence-corrected chi connectivity index (χ1v) is 11.1. The van der Waals surface area contributed by atoms with E-state index < -0.39 is 0 Å². The maximum atomic E-state index is 13.6. The number of rotatable bonds is 8. The molecule has 1 aromatic heterocycles. The largest absolute Gasteiger partial charge is 0.497 e.